The zero-order valence-electron chi connectivity index (χ0n) is 21.5. The summed E-state index contributed by atoms with van der Waals surface area (Å²) in [7, 11) is -3.87. The lowest BCUT2D eigenvalue weighted by Crippen LogP contribution is -2.50. The minimum absolute atomic E-state index is 0.0459. The molecule has 1 amide bonds. The number of carbonyl (C=O) groups excluding carboxylic acids is 1. The quantitative estimate of drug-likeness (QED) is 0.491. The third-order valence-corrected chi connectivity index (χ3v) is 10.4. The number of aryl methyl sites for hydroxylation is 1. The molecule has 1 aromatic carbocycles. The molecule has 3 aromatic rings. The lowest BCUT2D eigenvalue weighted by Gasteiger charge is -2.36. The van der Waals surface area contributed by atoms with Crippen molar-refractivity contribution in [3.8, 4) is 0 Å². The Labute approximate surface area is 221 Å². The normalized spacial score (nSPS) is 21.5. The number of fused-ring (bicyclic) bond motifs is 1. The summed E-state index contributed by atoms with van der Waals surface area (Å²) in [5, 5.41) is 0.0950. The first-order valence-electron chi connectivity index (χ1n) is 12.7. The summed E-state index contributed by atoms with van der Waals surface area (Å²) in [6.07, 6.45) is 2.34. The largest absolute Gasteiger partial charge is 0.368 e. The molecule has 198 valence electrons. The van der Waals surface area contributed by atoms with Crippen molar-refractivity contribution in [1.29, 1.82) is 0 Å². The summed E-state index contributed by atoms with van der Waals surface area (Å²) in [6, 6.07) is 10.1. The second-order valence-electron chi connectivity index (χ2n) is 10.3. The van der Waals surface area contributed by atoms with Gasteiger partial charge in [-0.05, 0) is 37.3 Å². The van der Waals surface area contributed by atoms with Gasteiger partial charge in [0.1, 0.15) is 16.3 Å². The zero-order valence-corrected chi connectivity index (χ0v) is 23.1. The van der Waals surface area contributed by atoms with E-state index in [0.717, 1.165) is 12.1 Å². The van der Waals surface area contributed by atoms with Crippen molar-refractivity contribution in [2.24, 2.45) is 11.8 Å². The molecule has 11 heteroatoms. The Morgan fingerprint density at radius 2 is 1.70 bits per heavy atom. The average molecular weight is 544 g/mol. The van der Waals surface area contributed by atoms with Crippen LogP contribution in [0.3, 0.4) is 0 Å². The smallest absolute Gasteiger partial charge is 0.263 e. The van der Waals surface area contributed by atoms with Crippen molar-refractivity contribution in [1.82, 2.24) is 18.8 Å². The Morgan fingerprint density at radius 1 is 1.05 bits per heavy atom. The van der Waals surface area contributed by atoms with Gasteiger partial charge in [-0.25, -0.2) is 13.4 Å². The highest BCUT2D eigenvalue weighted by atomic mass is 32.2. The lowest BCUT2D eigenvalue weighted by atomic mass is 9.94. The van der Waals surface area contributed by atoms with Crippen LogP contribution in [0.4, 0.5) is 5.69 Å². The predicted octanol–water partition coefficient (Wildman–Crippen LogP) is 2.78. The van der Waals surface area contributed by atoms with Gasteiger partial charge in [0.15, 0.2) is 0 Å². The van der Waals surface area contributed by atoms with E-state index in [1.807, 2.05) is 18.2 Å². The number of amides is 1. The second kappa shape index (κ2) is 10.2. The summed E-state index contributed by atoms with van der Waals surface area (Å²) in [6.45, 7) is 9.06. The molecule has 37 heavy (non-hydrogen) atoms. The number of carbonyl (C=O) groups is 1. The average Bonchev–Trinajstić information content (AvgIpc) is 3.23. The maximum absolute atomic E-state index is 13.7. The standard InChI is InChI=1S/C26H33N5O4S2/c1-18-13-19(2)15-31(14-18)37(34,35)24-20(3)36-25-23(24)26(33)30(17-27-25)16-22(32)29-11-9-28(10-12-29)21-7-5-4-6-8-21/h4-8,17-19H,9-16H2,1-3H3/t18-,19-/m1/s1. The molecule has 2 aliphatic heterocycles. The van der Waals surface area contributed by atoms with Gasteiger partial charge in [-0.15, -0.1) is 11.3 Å². The van der Waals surface area contributed by atoms with Gasteiger partial charge in [-0.2, -0.15) is 4.31 Å². The van der Waals surface area contributed by atoms with E-state index in [2.05, 4.69) is 35.9 Å². The van der Waals surface area contributed by atoms with Gasteiger partial charge in [0.25, 0.3) is 5.56 Å². The van der Waals surface area contributed by atoms with Crippen molar-refractivity contribution in [3.05, 3.63) is 51.9 Å². The molecule has 0 N–H and O–H groups in total. The third-order valence-electron chi connectivity index (χ3n) is 7.29. The highest BCUT2D eigenvalue weighted by Crippen LogP contribution is 2.35. The van der Waals surface area contributed by atoms with Crippen molar-refractivity contribution in [2.45, 2.75) is 38.6 Å². The van der Waals surface area contributed by atoms with E-state index in [4.69, 9.17) is 0 Å². The Balaban J connectivity index is 1.38. The predicted molar refractivity (Wildman–Crippen MR) is 146 cm³/mol. The first-order chi connectivity index (χ1) is 17.6. The molecule has 0 unspecified atom stereocenters. The van der Waals surface area contributed by atoms with E-state index >= 15 is 0 Å². The van der Waals surface area contributed by atoms with Crippen LogP contribution in [0.2, 0.25) is 0 Å². The molecule has 2 aliphatic rings. The fourth-order valence-electron chi connectivity index (χ4n) is 5.57. The molecule has 5 rings (SSSR count). The maximum Gasteiger partial charge on any atom is 0.263 e. The SMILES string of the molecule is Cc1sc2ncn(CC(=O)N3CCN(c4ccccc4)CC3)c(=O)c2c1S(=O)(=O)N1C[C@H](C)C[C@@H](C)C1. The zero-order chi connectivity index (χ0) is 26.3. The maximum atomic E-state index is 13.7. The van der Waals surface area contributed by atoms with E-state index in [1.54, 1.807) is 11.8 Å². The molecule has 0 bridgehead atoms. The molecule has 0 aliphatic carbocycles. The number of piperidine rings is 1. The van der Waals surface area contributed by atoms with E-state index in [9.17, 15) is 18.0 Å². The topological polar surface area (TPSA) is 95.8 Å². The summed E-state index contributed by atoms with van der Waals surface area (Å²) in [5.41, 5.74) is 0.641. The number of thiophene rings is 1. The number of nitrogens with zero attached hydrogens (tertiary/aromatic N) is 5. The van der Waals surface area contributed by atoms with Gasteiger partial charge >= 0.3 is 0 Å². The minimum Gasteiger partial charge on any atom is -0.368 e. The van der Waals surface area contributed by atoms with Crippen LogP contribution in [-0.4, -0.2) is 72.3 Å². The Morgan fingerprint density at radius 3 is 2.35 bits per heavy atom. The van der Waals surface area contributed by atoms with Crippen molar-refractivity contribution in [2.75, 3.05) is 44.2 Å². The van der Waals surface area contributed by atoms with Crippen LogP contribution in [-0.2, 0) is 21.4 Å². The molecule has 4 heterocycles. The van der Waals surface area contributed by atoms with Crippen LogP contribution in [0.5, 0.6) is 0 Å². The molecular weight excluding hydrogens is 510 g/mol. The van der Waals surface area contributed by atoms with Crippen LogP contribution in [0.15, 0.2) is 46.3 Å². The molecule has 0 saturated carbocycles. The molecule has 9 nitrogen and oxygen atoms in total. The fourth-order valence-corrected chi connectivity index (χ4v) is 8.91. The van der Waals surface area contributed by atoms with Crippen molar-refractivity contribution in [3.63, 3.8) is 0 Å². The Hall–Kier alpha value is -2.76. The number of piperazine rings is 1. The number of hydrogen-bond acceptors (Lipinski definition) is 7. The monoisotopic (exact) mass is 543 g/mol. The number of anilines is 1. The van der Waals surface area contributed by atoms with Gasteiger partial charge in [0, 0.05) is 49.8 Å². The molecular formula is C26H33N5O4S2. The van der Waals surface area contributed by atoms with E-state index < -0.39 is 15.6 Å². The highest BCUT2D eigenvalue weighted by Gasteiger charge is 2.36. The summed E-state index contributed by atoms with van der Waals surface area (Å²) >= 11 is 1.21. The van der Waals surface area contributed by atoms with Crippen LogP contribution >= 0.6 is 11.3 Å². The molecule has 0 radical (unpaired) electrons. The first kappa shape index (κ1) is 25.9. The molecule has 2 fully saturated rings. The van der Waals surface area contributed by atoms with Gasteiger partial charge < -0.3 is 9.80 Å². The molecule has 2 saturated heterocycles. The first-order valence-corrected chi connectivity index (χ1v) is 15.0. The van der Waals surface area contributed by atoms with Crippen LogP contribution < -0.4 is 10.5 Å². The Bertz CT molecular complexity index is 1450. The van der Waals surface area contributed by atoms with E-state index in [1.165, 1.54) is 26.5 Å². The number of benzene rings is 1. The van der Waals surface area contributed by atoms with Gasteiger partial charge in [0.2, 0.25) is 15.9 Å². The second-order valence-corrected chi connectivity index (χ2v) is 13.4. The summed E-state index contributed by atoms with van der Waals surface area (Å²) < 4.78 is 30.2. The number of sulfonamides is 1. The fraction of sp³-hybridized carbons (Fsp3) is 0.500. The van der Waals surface area contributed by atoms with Crippen LogP contribution in [0.25, 0.3) is 10.2 Å². The van der Waals surface area contributed by atoms with Crippen molar-refractivity contribution >= 4 is 43.2 Å². The third kappa shape index (κ3) is 5.04. The summed E-state index contributed by atoms with van der Waals surface area (Å²) in [4.78, 5) is 36.0. The van der Waals surface area contributed by atoms with Crippen LogP contribution in [0.1, 0.15) is 25.1 Å². The summed E-state index contributed by atoms with van der Waals surface area (Å²) in [5.74, 6) is 0.322. The molecule has 2 aromatic heterocycles. The van der Waals surface area contributed by atoms with Gasteiger partial charge in [-0.3, -0.25) is 14.2 Å². The van der Waals surface area contributed by atoms with Crippen molar-refractivity contribution < 1.29 is 13.2 Å². The Kier molecular flexibility index (Phi) is 7.12. The van der Waals surface area contributed by atoms with E-state index in [-0.39, 0.29) is 34.6 Å². The van der Waals surface area contributed by atoms with E-state index in [0.29, 0.717) is 49.0 Å². The highest BCUT2D eigenvalue weighted by molar-refractivity contribution is 7.89. The number of rotatable bonds is 5. The van der Waals surface area contributed by atoms with Gasteiger partial charge in [-0.1, -0.05) is 32.0 Å². The van der Waals surface area contributed by atoms with Crippen LogP contribution in [0, 0.1) is 18.8 Å². The molecule has 0 spiro atoms. The number of hydrogen-bond donors (Lipinski definition) is 0. The number of aromatic nitrogens is 2. The van der Waals surface area contributed by atoms with Gasteiger partial charge in [0.05, 0.1) is 11.7 Å². The number of para-hydroxylation sites is 1. The minimum atomic E-state index is -3.87. The molecule has 2 atom stereocenters. The lowest BCUT2D eigenvalue weighted by molar-refractivity contribution is -0.132.